The smallest absolute Gasteiger partial charge is 0.405 e. The summed E-state index contributed by atoms with van der Waals surface area (Å²) in [5.41, 5.74) is 0.809. The SMILES string of the molecule is Cc1ncc(-c2cc(NC(=O)N3c4nc(C(=O)NCC(F)(F)F)ccc4N4CC[C@H]3C4)ncn2)o1. The number of nitrogens with zero attached hydrogens (tertiary/aromatic N) is 6. The Morgan fingerprint density at radius 1 is 1.23 bits per heavy atom. The van der Waals surface area contributed by atoms with Crippen molar-refractivity contribution < 1.29 is 27.2 Å². The number of nitrogens with one attached hydrogen (secondary N) is 2. The van der Waals surface area contributed by atoms with Gasteiger partial charge in [0.05, 0.1) is 17.9 Å². The maximum atomic E-state index is 13.3. The number of urea groups is 1. The monoisotopic (exact) mass is 488 g/mol. The van der Waals surface area contributed by atoms with E-state index in [0.29, 0.717) is 42.5 Å². The van der Waals surface area contributed by atoms with Gasteiger partial charge in [0.1, 0.15) is 30.1 Å². The van der Waals surface area contributed by atoms with Gasteiger partial charge in [-0.05, 0) is 18.6 Å². The number of oxazole rings is 1. The predicted molar refractivity (Wildman–Crippen MR) is 117 cm³/mol. The molecule has 3 aromatic rings. The number of fused-ring (bicyclic) bond motifs is 4. The Kier molecular flexibility index (Phi) is 5.49. The van der Waals surface area contributed by atoms with Gasteiger partial charge in [-0.25, -0.2) is 24.7 Å². The number of rotatable bonds is 4. The first-order chi connectivity index (χ1) is 16.7. The number of alkyl halides is 3. The first-order valence-electron chi connectivity index (χ1n) is 10.6. The summed E-state index contributed by atoms with van der Waals surface area (Å²) in [4.78, 5) is 45.5. The Balaban J connectivity index is 1.41. The van der Waals surface area contributed by atoms with Crippen LogP contribution in [0.15, 0.2) is 35.1 Å². The molecule has 11 nitrogen and oxygen atoms in total. The third kappa shape index (κ3) is 4.58. The van der Waals surface area contributed by atoms with Crippen molar-refractivity contribution in [2.75, 3.05) is 34.8 Å². The molecule has 0 aromatic carbocycles. The number of anilines is 3. The fourth-order valence-electron chi connectivity index (χ4n) is 4.08. The second-order valence-electron chi connectivity index (χ2n) is 8.06. The number of hydrogen-bond donors (Lipinski definition) is 2. The summed E-state index contributed by atoms with van der Waals surface area (Å²) < 4.78 is 43.0. The van der Waals surface area contributed by atoms with E-state index in [9.17, 15) is 22.8 Å². The lowest BCUT2D eigenvalue weighted by Crippen LogP contribution is -2.48. The maximum Gasteiger partial charge on any atom is 0.405 e. The molecule has 2 bridgehead atoms. The Morgan fingerprint density at radius 3 is 2.80 bits per heavy atom. The predicted octanol–water partition coefficient (Wildman–Crippen LogP) is 2.76. The summed E-state index contributed by atoms with van der Waals surface area (Å²) in [6, 6.07) is 3.67. The molecule has 0 spiro atoms. The third-order valence-corrected chi connectivity index (χ3v) is 5.63. The van der Waals surface area contributed by atoms with Crippen LogP contribution >= 0.6 is 0 Å². The molecule has 182 valence electrons. The van der Waals surface area contributed by atoms with Gasteiger partial charge in [0.25, 0.3) is 5.91 Å². The van der Waals surface area contributed by atoms with Crippen LogP contribution in [0.25, 0.3) is 11.5 Å². The fourth-order valence-corrected chi connectivity index (χ4v) is 4.08. The van der Waals surface area contributed by atoms with Gasteiger partial charge < -0.3 is 14.6 Å². The van der Waals surface area contributed by atoms with Crippen molar-refractivity contribution in [2.45, 2.75) is 25.6 Å². The van der Waals surface area contributed by atoms with Crippen LogP contribution in [-0.2, 0) is 0 Å². The van der Waals surface area contributed by atoms with Crippen LogP contribution in [0.5, 0.6) is 0 Å². The van der Waals surface area contributed by atoms with Crippen LogP contribution in [0.2, 0.25) is 0 Å². The lowest BCUT2D eigenvalue weighted by Gasteiger charge is -2.35. The van der Waals surface area contributed by atoms with E-state index in [4.69, 9.17) is 4.42 Å². The number of aryl methyl sites for hydroxylation is 1. The number of aromatic nitrogens is 4. The molecule has 5 rings (SSSR count). The molecule has 2 aliphatic heterocycles. The molecule has 0 saturated carbocycles. The number of carbonyl (C=O) groups is 2. The van der Waals surface area contributed by atoms with Crippen LogP contribution in [0.3, 0.4) is 0 Å². The highest BCUT2D eigenvalue weighted by molar-refractivity contribution is 6.05. The quantitative estimate of drug-likeness (QED) is 0.574. The molecule has 0 unspecified atom stereocenters. The molecule has 1 saturated heterocycles. The first-order valence-corrected chi connectivity index (χ1v) is 10.6. The number of amides is 3. The molecule has 0 aliphatic carbocycles. The lowest BCUT2D eigenvalue weighted by atomic mass is 10.1. The van der Waals surface area contributed by atoms with Gasteiger partial charge >= 0.3 is 12.2 Å². The zero-order valence-corrected chi connectivity index (χ0v) is 18.3. The van der Waals surface area contributed by atoms with Gasteiger partial charge in [-0.15, -0.1) is 0 Å². The lowest BCUT2D eigenvalue weighted by molar-refractivity contribution is -0.123. The molecule has 14 heteroatoms. The number of pyridine rings is 1. The summed E-state index contributed by atoms with van der Waals surface area (Å²) >= 11 is 0. The minimum atomic E-state index is -4.55. The molecular weight excluding hydrogens is 469 g/mol. The van der Waals surface area contributed by atoms with E-state index in [1.54, 1.807) is 18.3 Å². The molecule has 5 heterocycles. The summed E-state index contributed by atoms with van der Waals surface area (Å²) in [5, 5.41) is 4.51. The summed E-state index contributed by atoms with van der Waals surface area (Å²) in [6.45, 7) is 1.44. The van der Waals surface area contributed by atoms with Crippen molar-refractivity contribution in [1.29, 1.82) is 0 Å². The normalized spacial score (nSPS) is 16.7. The number of hydrogen-bond acceptors (Lipinski definition) is 8. The molecule has 0 radical (unpaired) electrons. The molecule has 35 heavy (non-hydrogen) atoms. The Bertz CT molecular complexity index is 1290. The van der Waals surface area contributed by atoms with Crippen LogP contribution in [-0.4, -0.2) is 63.7 Å². The van der Waals surface area contributed by atoms with Crippen molar-refractivity contribution in [2.24, 2.45) is 0 Å². The van der Waals surface area contributed by atoms with E-state index in [-0.39, 0.29) is 23.4 Å². The second-order valence-corrected chi connectivity index (χ2v) is 8.06. The summed E-state index contributed by atoms with van der Waals surface area (Å²) in [7, 11) is 0. The molecule has 3 aromatic heterocycles. The van der Waals surface area contributed by atoms with E-state index < -0.39 is 24.7 Å². The third-order valence-electron chi connectivity index (χ3n) is 5.63. The Hall–Kier alpha value is -4.23. The number of halogens is 3. The minimum Gasteiger partial charge on any atom is -0.439 e. The Labute approximate surface area is 196 Å². The average molecular weight is 488 g/mol. The van der Waals surface area contributed by atoms with E-state index in [0.717, 1.165) is 0 Å². The zero-order chi connectivity index (χ0) is 24.7. The molecule has 3 amide bonds. The van der Waals surface area contributed by atoms with Gasteiger partial charge in [0, 0.05) is 26.1 Å². The standard InChI is InChI=1S/C21H19F3N8O3/c1-11-25-7-16(35-11)14-6-17(28-10-27-14)30-20(34)32-12-4-5-31(8-12)15-3-2-13(29-18(15)32)19(33)26-9-21(22,23)24/h2-3,6-7,10,12H,4-5,8-9H2,1H3,(H,26,33)(H,27,28,30,34)/t12-/m0/s1. The van der Waals surface area contributed by atoms with Crippen molar-refractivity contribution >= 4 is 29.3 Å². The molecular formula is C21H19F3N8O3. The zero-order valence-electron chi connectivity index (χ0n) is 18.3. The highest BCUT2D eigenvalue weighted by atomic mass is 19.4. The molecule has 2 aliphatic rings. The molecule has 1 fully saturated rings. The van der Waals surface area contributed by atoms with Crippen molar-refractivity contribution in [3.05, 3.63) is 42.3 Å². The minimum absolute atomic E-state index is 0.191. The second kappa shape index (κ2) is 8.52. The van der Waals surface area contributed by atoms with Crippen LogP contribution in [0.1, 0.15) is 22.8 Å². The topological polar surface area (TPSA) is 129 Å². The highest BCUT2D eigenvalue weighted by Crippen LogP contribution is 2.39. The fraction of sp³-hybridized carbons (Fsp3) is 0.333. The molecule has 1 atom stereocenters. The summed E-state index contributed by atoms with van der Waals surface area (Å²) in [5.74, 6) is 0.278. The molecule has 2 N–H and O–H groups in total. The van der Waals surface area contributed by atoms with Crippen molar-refractivity contribution in [3.63, 3.8) is 0 Å². The average Bonchev–Trinajstić information content (AvgIpc) is 3.44. The highest BCUT2D eigenvalue weighted by Gasteiger charge is 2.41. The maximum absolute atomic E-state index is 13.3. The van der Waals surface area contributed by atoms with Crippen molar-refractivity contribution in [1.82, 2.24) is 25.3 Å². The Morgan fingerprint density at radius 2 is 2.06 bits per heavy atom. The van der Waals surface area contributed by atoms with Crippen LogP contribution in [0, 0.1) is 6.92 Å². The van der Waals surface area contributed by atoms with E-state index in [1.165, 1.54) is 29.6 Å². The van der Waals surface area contributed by atoms with Gasteiger partial charge in [-0.1, -0.05) is 0 Å². The van der Waals surface area contributed by atoms with Crippen molar-refractivity contribution in [3.8, 4) is 11.5 Å². The number of carbonyl (C=O) groups excluding carboxylic acids is 2. The van der Waals surface area contributed by atoms with Gasteiger partial charge in [0.15, 0.2) is 17.5 Å². The van der Waals surface area contributed by atoms with E-state index >= 15 is 0 Å². The largest absolute Gasteiger partial charge is 0.439 e. The van der Waals surface area contributed by atoms with E-state index in [1.807, 2.05) is 4.90 Å². The van der Waals surface area contributed by atoms with E-state index in [2.05, 4.69) is 25.3 Å². The van der Waals surface area contributed by atoms with Gasteiger partial charge in [-0.2, -0.15) is 13.2 Å². The van der Waals surface area contributed by atoms with Crippen LogP contribution in [0.4, 0.5) is 35.3 Å². The summed E-state index contributed by atoms with van der Waals surface area (Å²) in [6.07, 6.45) is -1.12. The van der Waals surface area contributed by atoms with Gasteiger partial charge in [-0.3, -0.25) is 15.0 Å². The first kappa shape index (κ1) is 22.6. The van der Waals surface area contributed by atoms with Crippen LogP contribution < -0.4 is 20.4 Å². The van der Waals surface area contributed by atoms with Gasteiger partial charge in [0.2, 0.25) is 0 Å².